The Balaban J connectivity index is 1.79. The number of pyridine rings is 1. The van der Waals surface area contributed by atoms with Gasteiger partial charge in [0.1, 0.15) is 17.6 Å². The summed E-state index contributed by atoms with van der Waals surface area (Å²) in [5.41, 5.74) is 1.09. The molecule has 2 atom stereocenters. The van der Waals surface area contributed by atoms with Crippen molar-refractivity contribution in [2.75, 3.05) is 5.32 Å². The molecule has 0 bridgehead atoms. The van der Waals surface area contributed by atoms with Crippen LogP contribution in [0.1, 0.15) is 5.56 Å². The minimum Gasteiger partial charge on any atom is -0.452 e. The average molecular weight is 302 g/mol. The predicted octanol–water partition coefficient (Wildman–Crippen LogP) is 0.644. The monoisotopic (exact) mass is 302 g/mol. The Labute approximate surface area is 125 Å². The van der Waals surface area contributed by atoms with Crippen LogP contribution < -0.4 is 20.3 Å². The van der Waals surface area contributed by atoms with Crippen molar-refractivity contribution < 1.29 is 19.4 Å². The minimum absolute atomic E-state index is 0.298. The zero-order chi connectivity index (χ0) is 15.5. The molecule has 0 radical (unpaired) electrons. The molecule has 1 aliphatic heterocycles. The number of amides is 1. The maximum atomic E-state index is 11.2. The van der Waals surface area contributed by atoms with E-state index in [4.69, 9.17) is 9.47 Å². The standard InChI is InChI=1S/C15H14N2O5/c18-8-17-10-1-2-13-9(5-10)6-12(19)15(22-13)21-11-3-4-16-14(20)7-11/h1-5,7-8,12,15,19H,6H2,(H,16,20)(H,17,18). The van der Waals surface area contributed by atoms with Crippen LogP contribution in [0, 0.1) is 0 Å². The van der Waals surface area contributed by atoms with E-state index < -0.39 is 12.4 Å². The normalized spacial score (nSPS) is 19.7. The number of hydrogen-bond acceptors (Lipinski definition) is 5. The molecule has 3 N–H and O–H groups in total. The first-order chi connectivity index (χ1) is 10.7. The van der Waals surface area contributed by atoms with Gasteiger partial charge in [-0.2, -0.15) is 0 Å². The molecular weight excluding hydrogens is 288 g/mol. The molecule has 1 aromatic heterocycles. The van der Waals surface area contributed by atoms with E-state index in [1.807, 2.05) is 0 Å². The van der Waals surface area contributed by atoms with Crippen molar-refractivity contribution in [1.29, 1.82) is 0 Å². The first-order valence-corrected chi connectivity index (χ1v) is 6.69. The van der Waals surface area contributed by atoms with Crippen molar-refractivity contribution in [2.24, 2.45) is 0 Å². The van der Waals surface area contributed by atoms with Crippen LogP contribution in [0.15, 0.2) is 41.3 Å². The molecule has 22 heavy (non-hydrogen) atoms. The van der Waals surface area contributed by atoms with E-state index in [0.717, 1.165) is 5.56 Å². The van der Waals surface area contributed by atoms with Crippen molar-refractivity contribution in [2.45, 2.75) is 18.8 Å². The maximum Gasteiger partial charge on any atom is 0.266 e. The number of aliphatic hydroxyl groups excluding tert-OH is 1. The summed E-state index contributed by atoms with van der Waals surface area (Å²) in [6.45, 7) is 0. The van der Waals surface area contributed by atoms with Gasteiger partial charge in [0.15, 0.2) is 0 Å². The Kier molecular flexibility index (Phi) is 3.80. The second-order valence-corrected chi connectivity index (χ2v) is 4.85. The van der Waals surface area contributed by atoms with Crippen LogP contribution in [0.25, 0.3) is 0 Å². The number of aromatic nitrogens is 1. The summed E-state index contributed by atoms with van der Waals surface area (Å²) in [5.74, 6) is 0.882. The molecule has 0 saturated carbocycles. The van der Waals surface area contributed by atoms with E-state index in [1.165, 1.54) is 12.3 Å². The number of aliphatic hydroxyl groups is 1. The van der Waals surface area contributed by atoms with Gasteiger partial charge in [-0.05, 0) is 29.8 Å². The highest BCUT2D eigenvalue weighted by molar-refractivity contribution is 5.72. The second-order valence-electron chi connectivity index (χ2n) is 4.85. The molecule has 7 nitrogen and oxygen atoms in total. The average Bonchev–Trinajstić information content (AvgIpc) is 2.49. The van der Waals surface area contributed by atoms with Gasteiger partial charge in [0.2, 0.25) is 6.41 Å². The van der Waals surface area contributed by atoms with Crippen LogP contribution >= 0.6 is 0 Å². The quantitative estimate of drug-likeness (QED) is 0.720. The minimum atomic E-state index is -0.904. The number of anilines is 1. The van der Waals surface area contributed by atoms with E-state index in [2.05, 4.69) is 10.3 Å². The first-order valence-electron chi connectivity index (χ1n) is 6.69. The van der Waals surface area contributed by atoms with Crippen LogP contribution in [0.4, 0.5) is 5.69 Å². The third kappa shape index (κ3) is 2.94. The fourth-order valence-electron chi connectivity index (χ4n) is 2.27. The summed E-state index contributed by atoms with van der Waals surface area (Å²) in [4.78, 5) is 24.2. The van der Waals surface area contributed by atoms with Crippen LogP contribution in [0.2, 0.25) is 0 Å². The van der Waals surface area contributed by atoms with E-state index in [-0.39, 0.29) is 5.56 Å². The van der Waals surface area contributed by atoms with Crippen LogP contribution in [-0.4, -0.2) is 28.9 Å². The fraction of sp³-hybridized carbons (Fsp3) is 0.200. The molecule has 114 valence electrons. The molecule has 0 aliphatic carbocycles. The Morgan fingerprint density at radius 1 is 1.36 bits per heavy atom. The van der Waals surface area contributed by atoms with Crippen molar-refractivity contribution in [3.63, 3.8) is 0 Å². The Hall–Kier alpha value is -2.80. The van der Waals surface area contributed by atoms with Gasteiger partial charge in [0, 0.05) is 24.4 Å². The van der Waals surface area contributed by atoms with Gasteiger partial charge in [-0.1, -0.05) is 0 Å². The molecule has 0 saturated heterocycles. The number of benzene rings is 1. The molecular formula is C15H14N2O5. The molecule has 3 rings (SSSR count). The molecule has 2 aromatic rings. The van der Waals surface area contributed by atoms with Crippen molar-refractivity contribution in [3.05, 3.63) is 52.4 Å². The third-order valence-electron chi connectivity index (χ3n) is 3.27. The van der Waals surface area contributed by atoms with E-state index in [1.54, 1.807) is 24.3 Å². The Morgan fingerprint density at radius 3 is 3.00 bits per heavy atom. The van der Waals surface area contributed by atoms with E-state index in [9.17, 15) is 14.7 Å². The molecule has 1 aromatic carbocycles. The Morgan fingerprint density at radius 2 is 2.23 bits per heavy atom. The number of aromatic amines is 1. The number of fused-ring (bicyclic) bond motifs is 1. The lowest BCUT2D eigenvalue weighted by atomic mass is 10.0. The Bertz CT molecular complexity index is 743. The molecule has 1 amide bonds. The third-order valence-corrected chi connectivity index (χ3v) is 3.27. The summed E-state index contributed by atoms with van der Waals surface area (Å²) >= 11 is 0. The lowest BCUT2D eigenvalue weighted by Crippen LogP contribution is -2.41. The van der Waals surface area contributed by atoms with Crippen LogP contribution in [-0.2, 0) is 11.2 Å². The number of carbonyl (C=O) groups excluding carboxylic acids is 1. The highest BCUT2D eigenvalue weighted by atomic mass is 16.7. The van der Waals surface area contributed by atoms with Gasteiger partial charge in [0.05, 0.1) is 0 Å². The number of H-pyrrole nitrogens is 1. The summed E-state index contributed by atoms with van der Waals surface area (Å²) in [6, 6.07) is 7.97. The predicted molar refractivity (Wildman–Crippen MR) is 77.9 cm³/mol. The van der Waals surface area contributed by atoms with Gasteiger partial charge < -0.3 is 24.9 Å². The van der Waals surface area contributed by atoms with Gasteiger partial charge in [0.25, 0.3) is 11.8 Å². The number of nitrogens with one attached hydrogen (secondary N) is 2. The van der Waals surface area contributed by atoms with E-state index >= 15 is 0 Å². The number of rotatable bonds is 4. The van der Waals surface area contributed by atoms with Gasteiger partial charge >= 0.3 is 0 Å². The van der Waals surface area contributed by atoms with Crippen LogP contribution in [0.5, 0.6) is 11.5 Å². The lowest BCUT2D eigenvalue weighted by molar-refractivity contribution is -0.105. The topological polar surface area (TPSA) is 101 Å². The molecule has 7 heteroatoms. The second kappa shape index (κ2) is 5.90. The number of ether oxygens (including phenoxy) is 2. The summed E-state index contributed by atoms with van der Waals surface area (Å²) in [7, 11) is 0. The highest BCUT2D eigenvalue weighted by Crippen LogP contribution is 2.31. The van der Waals surface area contributed by atoms with Crippen LogP contribution in [0.3, 0.4) is 0 Å². The lowest BCUT2D eigenvalue weighted by Gasteiger charge is -2.30. The van der Waals surface area contributed by atoms with E-state index in [0.29, 0.717) is 30.0 Å². The SMILES string of the molecule is O=CNc1ccc2c(c1)CC(O)C(Oc1cc[nH]c(=O)c1)O2. The molecule has 2 heterocycles. The molecule has 2 unspecified atom stereocenters. The molecule has 0 fully saturated rings. The highest BCUT2D eigenvalue weighted by Gasteiger charge is 2.30. The fourth-order valence-corrected chi connectivity index (χ4v) is 2.27. The van der Waals surface area contributed by atoms with Crippen molar-refractivity contribution >= 4 is 12.1 Å². The largest absolute Gasteiger partial charge is 0.452 e. The summed E-state index contributed by atoms with van der Waals surface area (Å²) < 4.78 is 11.1. The zero-order valence-electron chi connectivity index (χ0n) is 11.5. The summed E-state index contributed by atoms with van der Waals surface area (Å²) in [5, 5.41) is 12.7. The molecule has 1 aliphatic rings. The number of hydrogen-bond donors (Lipinski definition) is 3. The van der Waals surface area contributed by atoms with Crippen molar-refractivity contribution in [3.8, 4) is 11.5 Å². The smallest absolute Gasteiger partial charge is 0.266 e. The molecule has 0 spiro atoms. The van der Waals surface area contributed by atoms with Gasteiger partial charge in [-0.3, -0.25) is 9.59 Å². The van der Waals surface area contributed by atoms with Crippen molar-refractivity contribution in [1.82, 2.24) is 4.98 Å². The number of carbonyl (C=O) groups is 1. The maximum absolute atomic E-state index is 11.2. The van der Waals surface area contributed by atoms with Gasteiger partial charge in [-0.25, -0.2) is 0 Å². The zero-order valence-corrected chi connectivity index (χ0v) is 11.5. The van der Waals surface area contributed by atoms with Gasteiger partial charge in [-0.15, -0.1) is 0 Å². The summed E-state index contributed by atoms with van der Waals surface area (Å²) in [6.07, 6.45) is 0.564. The first kappa shape index (κ1) is 14.2.